The van der Waals surface area contributed by atoms with E-state index >= 15 is 0 Å². The van der Waals surface area contributed by atoms with Gasteiger partial charge in [0.2, 0.25) is 5.91 Å². The number of hydrogen-bond acceptors (Lipinski definition) is 5. The average molecular weight is 454 g/mol. The van der Waals surface area contributed by atoms with Gasteiger partial charge in [-0.25, -0.2) is 4.79 Å². The van der Waals surface area contributed by atoms with E-state index in [1.807, 2.05) is 18.2 Å². The highest BCUT2D eigenvalue weighted by Gasteiger charge is 2.42. The third-order valence-corrected chi connectivity index (χ3v) is 5.47. The molecule has 2 aliphatic heterocycles. The fourth-order valence-corrected chi connectivity index (χ4v) is 3.97. The Morgan fingerprint density at radius 3 is 2.50 bits per heavy atom. The van der Waals surface area contributed by atoms with Crippen LogP contribution in [0.4, 0.5) is 13.2 Å². The van der Waals surface area contributed by atoms with E-state index in [9.17, 15) is 18.0 Å². The molecule has 2 saturated heterocycles. The molecule has 4 rings (SSSR count). The normalized spacial score (nSPS) is 23.0. The first-order valence-corrected chi connectivity index (χ1v) is 10.2. The number of rotatable bonds is 5. The maximum atomic E-state index is 12.6. The number of nitrogens with one attached hydrogen (secondary N) is 1. The fraction of sp³-hybridized carbons (Fsp3) is 0.455. The van der Waals surface area contributed by atoms with Crippen molar-refractivity contribution < 1.29 is 37.0 Å². The van der Waals surface area contributed by atoms with E-state index in [-0.39, 0.29) is 17.9 Å². The average Bonchev–Trinajstić information content (AvgIpc) is 3.44. The summed E-state index contributed by atoms with van der Waals surface area (Å²) in [7, 11) is 0. The van der Waals surface area contributed by atoms with Crippen LogP contribution in [0.25, 0.3) is 0 Å². The summed E-state index contributed by atoms with van der Waals surface area (Å²) in [6.45, 7) is 2.88. The van der Waals surface area contributed by atoms with Gasteiger partial charge < -0.3 is 19.6 Å². The van der Waals surface area contributed by atoms with Crippen LogP contribution in [0.5, 0.6) is 0 Å². The summed E-state index contributed by atoms with van der Waals surface area (Å²) in [6.07, 6.45) is -1.43. The number of carbonyl (C=O) groups is 2. The summed E-state index contributed by atoms with van der Waals surface area (Å²) in [5.41, 5.74) is 1.28. The van der Waals surface area contributed by atoms with E-state index in [0.717, 1.165) is 38.3 Å². The molecule has 0 saturated carbocycles. The molecule has 32 heavy (non-hydrogen) atoms. The first-order valence-electron chi connectivity index (χ1n) is 10.2. The van der Waals surface area contributed by atoms with Crippen molar-refractivity contribution in [1.29, 1.82) is 0 Å². The highest BCUT2D eigenvalue weighted by molar-refractivity contribution is 5.79. The maximum Gasteiger partial charge on any atom is 0.490 e. The van der Waals surface area contributed by atoms with Crippen LogP contribution in [0.1, 0.15) is 24.2 Å². The lowest BCUT2D eigenvalue weighted by Crippen LogP contribution is -2.52. The van der Waals surface area contributed by atoms with E-state index in [1.165, 1.54) is 5.56 Å². The second-order valence-electron chi connectivity index (χ2n) is 7.71. The summed E-state index contributed by atoms with van der Waals surface area (Å²) < 4.78 is 42.9. The molecular formula is C22H25F3N2O5. The Kier molecular flexibility index (Phi) is 7.92. The third-order valence-electron chi connectivity index (χ3n) is 5.47. The smallest absolute Gasteiger partial charge is 0.475 e. The summed E-state index contributed by atoms with van der Waals surface area (Å²) in [6, 6.07) is 14.6. The van der Waals surface area contributed by atoms with Crippen molar-refractivity contribution in [2.45, 2.75) is 44.3 Å². The Labute approximate surface area is 183 Å². The standard InChI is InChI=1S/C20H24N2O3.C2HF3O2/c23-20(21-12-17-7-4-9-24-17)16-11-19-18(8-10-25-19)22(14-16)13-15-5-2-1-3-6-15;3-2(4,5)1(6)7/h1-7,9,16,18-19H,8,10-14H2,(H,21,23);(H,6,7)/t16-,18-,19-;/m1./s1. The van der Waals surface area contributed by atoms with Gasteiger partial charge in [0.15, 0.2) is 0 Å². The monoisotopic (exact) mass is 454 g/mol. The van der Waals surface area contributed by atoms with Crippen molar-refractivity contribution in [3.8, 4) is 0 Å². The van der Waals surface area contributed by atoms with Crippen molar-refractivity contribution in [3.05, 3.63) is 60.1 Å². The van der Waals surface area contributed by atoms with Gasteiger partial charge in [0, 0.05) is 25.7 Å². The zero-order valence-electron chi connectivity index (χ0n) is 17.3. The molecule has 0 radical (unpaired) electrons. The number of hydrogen-bond donors (Lipinski definition) is 2. The van der Waals surface area contributed by atoms with E-state index in [1.54, 1.807) is 6.26 Å². The van der Waals surface area contributed by atoms with Crippen molar-refractivity contribution in [2.75, 3.05) is 13.2 Å². The molecule has 0 aliphatic carbocycles. The number of halogens is 3. The molecule has 2 N–H and O–H groups in total. The number of carboxylic acids is 1. The van der Waals surface area contributed by atoms with Crippen LogP contribution in [0.15, 0.2) is 53.1 Å². The number of carboxylic acid groups (broad SMARTS) is 1. The minimum Gasteiger partial charge on any atom is -0.475 e. The first kappa shape index (κ1) is 23.8. The molecule has 7 nitrogen and oxygen atoms in total. The molecule has 1 aromatic carbocycles. The van der Waals surface area contributed by atoms with Gasteiger partial charge in [-0.2, -0.15) is 13.2 Å². The lowest BCUT2D eigenvalue weighted by molar-refractivity contribution is -0.192. The summed E-state index contributed by atoms with van der Waals surface area (Å²) in [5, 5.41) is 10.1. The molecule has 174 valence electrons. The van der Waals surface area contributed by atoms with Crippen LogP contribution in [-0.2, 0) is 27.4 Å². The number of benzene rings is 1. The number of amides is 1. The second-order valence-corrected chi connectivity index (χ2v) is 7.71. The maximum absolute atomic E-state index is 12.6. The molecule has 1 aromatic heterocycles. The molecule has 1 amide bonds. The summed E-state index contributed by atoms with van der Waals surface area (Å²) in [5.74, 6) is -1.94. The molecule has 3 atom stereocenters. The van der Waals surface area contributed by atoms with E-state index in [4.69, 9.17) is 19.1 Å². The molecule has 10 heteroatoms. The molecule has 2 aromatic rings. The number of piperidine rings is 1. The predicted molar refractivity (Wildman–Crippen MR) is 107 cm³/mol. The first-order chi connectivity index (χ1) is 15.2. The van der Waals surface area contributed by atoms with E-state index in [0.29, 0.717) is 12.6 Å². The quantitative estimate of drug-likeness (QED) is 0.721. The molecule has 3 heterocycles. The molecule has 2 aliphatic rings. The van der Waals surface area contributed by atoms with Gasteiger partial charge in [0.25, 0.3) is 0 Å². The Bertz CT molecular complexity index is 873. The second kappa shape index (κ2) is 10.6. The van der Waals surface area contributed by atoms with Gasteiger partial charge in [-0.1, -0.05) is 30.3 Å². The minimum atomic E-state index is -5.08. The van der Waals surface area contributed by atoms with Crippen LogP contribution < -0.4 is 5.32 Å². The SMILES string of the molecule is O=C(NCc1ccco1)[C@@H]1C[C@H]2OCC[C@H]2N(Cc2ccccc2)C1.O=C(O)C(F)(F)F. The summed E-state index contributed by atoms with van der Waals surface area (Å²) in [4.78, 5) is 24.0. The van der Waals surface area contributed by atoms with Crippen LogP contribution in [0.3, 0.4) is 0 Å². The van der Waals surface area contributed by atoms with Crippen molar-refractivity contribution in [3.63, 3.8) is 0 Å². The zero-order chi connectivity index (χ0) is 23.1. The van der Waals surface area contributed by atoms with Crippen LogP contribution in [0.2, 0.25) is 0 Å². The van der Waals surface area contributed by atoms with Gasteiger partial charge in [-0.3, -0.25) is 9.69 Å². The Morgan fingerprint density at radius 2 is 1.88 bits per heavy atom. The number of aliphatic carboxylic acids is 1. The number of alkyl halides is 3. The zero-order valence-corrected chi connectivity index (χ0v) is 17.3. The number of nitrogens with zero attached hydrogens (tertiary/aromatic N) is 1. The Morgan fingerprint density at radius 1 is 1.16 bits per heavy atom. The number of likely N-dealkylation sites (tertiary alicyclic amines) is 1. The number of ether oxygens (including phenoxy) is 1. The Hall–Kier alpha value is -2.85. The highest BCUT2D eigenvalue weighted by atomic mass is 19.4. The number of fused-ring (bicyclic) bond motifs is 1. The van der Waals surface area contributed by atoms with Gasteiger partial charge in [-0.15, -0.1) is 0 Å². The summed E-state index contributed by atoms with van der Waals surface area (Å²) >= 11 is 0. The fourth-order valence-electron chi connectivity index (χ4n) is 3.97. The number of carbonyl (C=O) groups excluding carboxylic acids is 1. The van der Waals surface area contributed by atoms with E-state index < -0.39 is 12.1 Å². The largest absolute Gasteiger partial charge is 0.490 e. The van der Waals surface area contributed by atoms with E-state index in [2.05, 4.69) is 34.5 Å². The topological polar surface area (TPSA) is 92.0 Å². The molecular weight excluding hydrogens is 429 g/mol. The Balaban J connectivity index is 0.000000360. The predicted octanol–water partition coefficient (Wildman–Crippen LogP) is 3.21. The third kappa shape index (κ3) is 6.57. The minimum absolute atomic E-state index is 0.0435. The molecule has 0 unspecified atom stereocenters. The van der Waals surface area contributed by atoms with Crippen LogP contribution >= 0.6 is 0 Å². The van der Waals surface area contributed by atoms with Gasteiger partial charge in [-0.05, 0) is 30.5 Å². The van der Waals surface area contributed by atoms with Gasteiger partial charge >= 0.3 is 12.1 Å². The lowest BCUT2D eigenvalue weighted by atomic mass is 9.89. The van der Waals surface area contributed by atoms with Gasteiger partial charge in [0.05, 0.1) is 24.8 Å². The highest BCUT2D eigenvalue weighted by Crippen LogP contribution is 2.32. The number of furan rings is 1. The van der Waals surface area contributed by atoms with Gasteiger partial charge in [0.1, 0.15) is 5.76 Å². The lowest BCUT2D eigenvalue weighted by Gasteiger charge is -2.40. The molecule has 0 spiro atoms. The van der Waals surface area contributed by atoms with Crippen LogP contribution in [-0.4, -0.2) is 53.4 Å². The van der Waals surface area contributed by atoms with Crippen molar-refractivity contribution in [1.82, 2.24) is 10.2 Å². The van der Waals surface area contributed by atoms with Crippen molar-refractivity contribution in [2.24, 2.45) is 5.92 Å². The van der Waals surface area contributed by atoms with Crippen LogP contribution in [0, 0.1) is 5.92 Å². The molecule has 2 fully saturated rings. The molecule has 0 bridgehead atoms. The van der Waals surface area contributed by atoms with Crippen molar-refractivity contribution >= 4 is 11.9 Å².